The number of rotatable bonds is 1. The van der Waals surface area contributed by atoms with Crippen LogP contribution in [0.2, 0.25) is 0 Å². The molecule has 4 nitrogen and oxygen atoms in total. The minimum absolute atomic E-state index is 0.0320. The lowest BCUT2D eigenvalue weighted by molar-refractivity contribution is 0.0649. The smallest absolute Gasteiger partial charge is 0.272 e. The molecule has 0 radical (unpaired) electrons. The molecular formula is C11H15N3O. The molecule has 1 amide bonds. The van der Waals surface area contributed by atoms with Gasteiger partial charge in [-0.1, -0.05) is 6.07 Å². The third kappa shape index (κ3) is 2.15. The predicted molar refractivity (Wildman–Crippen MR) is 57.6 cm³/mol. The van der Waals surface area contributed by atoms with Crippen LogP contribution in [0.3, 0.4) is 0 Å². The summed E-state index contributed by atoms with van der Waals surface area (Å²) < 4.78 is 0. The molecule has 0 unspecified atom stereocenters. The number of amides is 1. The van der Waals surface area contributed by atoms with E-state index >= 15 is 0 Å². The molecule has 1 fully saturated rings. The van der Waals surface area contributed by atoms with Gasteiger partial charge in [0.25, 0.3) is 5.91 Å². The van der Waals surface area contributed by atoms with E-state index in [4.69, 9.17) is 0 Å². The van der Waals surface area contributed by atoms with Crippen LogP contribution in [-0.4, -0.2) is 41.5 Å². The van der Waals surface area contributed by atoms with Crippen molar-refractivity contribution in [2.24, 2.45) is 0 Å². The van der Waals surface area contributed by atoms with E-state index in [0.29, 0.717) is 5.69 Å². The molecule has 1 aliphatic rings. The highest BCUT2D eigenvalue weighted by Gasteiger charge is 2.24. The standard InChI is InChI=1S/C11H15N3O/c1-9-8-12-6-7-14(9)11(15)10-4-2-3-5-13-10/h2-5,9,12H,6-8H2,1H3/t9-/m0/s1. The summed E-state index contributed by atoms with van der Waals surface area (Å²) >= 11 is 0. The Balaban J connectivity index is 2.13. The second-order valence-corrected chi connectivity index (χ2v) is 3.77. The molecule has 0 bridgehead atoms. The van der Waals surface area contributed by atoms with Crippen LogP contribution in [0.25, 0.3) is 0 Å². The summed E-state index contributed by atoms with van der Waals surface area (Å²) in [7, 11) is 0. The number of carbonyl (C=O) groups excluding carboxylic acids is 1. The van der Waals surface area contributed by atoms with Crippen molar-refractivity contribution in [3.8, 4) is 0 Å². The lowest BCUT2D eigenvalue weighted by Crippen LogP contribution is -2.52. The van der Waals surface area contributed by atoms with Crippen molar-refractivity contribution >= 4 is 5.91 Å². The fourth-order valence-corrected chi connectivity index (χ4v) is 1.78. The predicted octanol–water partition coefficient (Wildman–Crippen LogP) is 0.515. The van der Waals surface area contributed by atoms with Crippen molar-refractivity contribution in [1.29, 1.82) is 0 Å². The van der Waals surface area contributed by atoms with Crippen molar-refractivity contribution in [1.82, 2.24) is 15.2 Å². The van der Waals surface area contributed by atoms with Crippen molar-refractivity contribution in [3.05, 3.63) is 30.1 Å². The monoisotopic (exact) mass is 205 g/mol. The van der Waals surface area contributed by atoms with Crippen molar-refractivity contribution in [3.63, 3.8) is 0 Å². The van der Waals surface area contributed by atoms with Crippen molar-refractivity contribution in [2.45, 2.75) is 13.0 Å². The first-order valence-corrected chi connectivity index (χ1v) is 5.22. The quantitative estimate of drug-likeness (QED) is 0.727. The number of nitrogens with one attached hydrogen (secondary N) is 1. The maximum absolute atomic E-state index is 12.0. The number of piperazine rings is 1. The maximum atomic E-state index is 12.0. The van der Waals surface area contributed by atoms with E-state index in [-0.39, 0.29) is 11.9 Å². The number of aromatic nitrogens is 1. The molecule has 0 aromatic carbocycles. The number of pyridine rings is 1. The van der Waals surface area contributed by atoms with Crippen LogP contribution in [0, 0.1) is 0 Å². The maximum Gasteiger partial charge on any atom is 0.272 e. The van der Waals surface area contributed by atoms with Gasteiger partial charge in [0.2, 0.25) is 0 Å². The molecule has 1 aliphatic heterocycles. The van der Waals surface area contributed by atoms with Gasteiger partial charge in [-0.25, -0.2) is 0 Å². The second-order valence-electron chi connectivity index (χ2n) is 3.77. The molecule has 1 N–H and O–H groups in total. The zero-order chi connectivity index (χ0) is 10.7. The number of hydrogen-bond donors (Lipinski definition) is 1. The molecule has 2 heterocycles. The van der Waals surface area contributed by atoms with Gasteiger partial charge in [0.05, 0.1) is 0 Å². The molecule has 0 aliphatic carbocycles. The highest BCUT2D eigenvalue weighted by Crippen LogP contribution is 2.07. The normalized spacial score (nSPS) is 21.4. The topological polar surface area (TPSA) is 45.2 Å². The molecule has 1 aromatic rings. The summed E-state index contributed by atoms with van der Waals surface area (Å²) in [6.45, 7) is 4.53. The van der Waals surface area contributed by atoms with Gasteiger partial charge in [-0.05, 0) is 19.1 Å². The average molecular weight is 205 g/mol. The molecule has 2 rings (SSSR count). The Morgan fingerprint density at radius 3 is 3.13 bits per heavy atom. The molecule has 1 aromatic heterocycles. The van der Waals surface area contributed by atoms with Crippen LogP contribution in [0.15, 0.2) is 24.4 Å². The molecule has 80 valence electrons. The van der Waals surface area contributed by atoms with Gasteiger partial charge in [-0.15, -0.1) is 0 Å². The second kappa shape index (κ2) is 4.40. The Morgan fingerprint density at radius 1 is 1.60 bits per heavy atom. The van der Waals surface area contributed by atoms with Crippen molar-refractivity contribution < 1.29 is 4.79 Å². The molecule has 1 saturated heterocycles. The fraction of sp³-hybridized carbons (Fsp3) is 0.455. The summed E-state index contributed by atoms with van der Waals surface area (Å²) in [6, 6.07) is 5.66. The van der Waals surface area contributed by atoms with Gasteiger partial charge in [0.1, 0.15) is 5.69 Å². The lowest BCUT2D eigenvalue weighted by Gasteiger charge is -2.33. The average Bonchev–Trinajstić information content (AvgIpc) is 2.30. The Kier molecular flexibility index (Phi) is 2.97. The van der Waals surface area contributed by atoms with Crippen LogP contribution >= 0.6 is 0 Å². The van der Waals surface area contributed by atoms with Crippen LogP contribution < -0.4 is 5.32 Å². The molecule has 4 heteroatoms. The Hall–Kier alpha value is -1.42. The summed E-state index contributed by atoms with van der Waals surface area (Å²) in [5.74, 6) is 0.0320. The van der Waals surface area contributed by atoms with Crippen LogP contribution in [-0.2, 0) is 0 Å². The molecule has 0 spiro atoms. The van der Waals surface area contributed by atoms with Gasteiger partial charge in [0.15, 0.2) is 0 Å². The van der Waals surface area contributed by atoms with Crippen molar-refractivity contribution in [2.75, 3.05) is 19.6 Å². The highest BCUT2D eigenvalue weighted by atomic mass is 16.2. The molecule has 15 heavy (non-hydrogen) atoms. The summed E-state index contributed by atoms with van der Waals surface area (Å²) in [6.07, 6.45) is 1.65. The number of carbonyl (C=O) groups is 1. The lowest BCUT2D eigenvalue weighted by atomic mass is 10.2. The van der Waals surface area contributed by atoms with E-state index in [0.717, 1.165) is 19.6 Å². The largest absolute Gasteiger partial charge is 0.332 e. The van der Waals surface area contributed by atoms with Gasteiger partial charge in [-0.2, -0.15) is 0 Å². The minimum Gasteiger partial charge on any atom is -0.332 e. The van der Waals surface area contributed by atoms with E-state index in [1.807, 2.05) is 24.0 Å². The van der Waals surface area contributed by atoms with Crippen LogP contribution in [0.5, 0.6) is 0 Å². The molecular weight excluding hydrogens is 190 g/mol. The first kappa shape index (κ1) is 10.1. The highest BCUT2D eigenvalue weighted by molar-refractivity contribution is 5.92. The zero-order valence-corrected chi connectivity index (χ0v) is 8.81. The SMILES string of the molecule is C[C@H]1CNCCN1C(=O)c1ccccn1. The zero-order valence-electron chi connectivity index (χ0n) is 8.81. The fourth-order valence-electron chi connectivity index (χ4n) is 1.78. The Morgan fingerprint density at radius 2 is 2.47 bits per heavy atom. The Labute approximate surface area is 89.3 Å². The number of nitrogens with zero attached hydrogens (tertiary/aromatic N) is 2. The summed E-state index contributed by atoms with van der Waals surface area (Å²) in [5.41, 5.74) is 0.534. The third-order valence-corrected chi connectivity index (χ3v) is 2.65. The van der Waals surface area contributed by atoms with Crippen LogP contribution in [0.4, 0.5) is 0 Å². The third-order valence-electron chi connectivity index (χ3n) is 2.65. The van der Waals surface area contributed by atoms with Gasteiger partial charge in [0, 0.05) is 31.9 Å². The first-order chi connectivity index (χ1) is 7.29. The molecule has 0 saturated carbocycles. The molecule has 1 atom stereocenters. The minimum atomic E-state index is 0.0320. The summed E-state index contributed by atoms with van der Waals surface area (Å²) in [4.78, 5) is 18.0. The van der Waals surface area contributed by atoms with Gasteiger partial charge in [-0.3, -0.25) is 9.78 Å². The van der Waals surface area contributed by atoms with Gasteiger partial charge >= 0.3 is 0 Å². The number of hydrogen-bond acceptors (Lipinski definition) is 3. The first-order valence-electron chi connectivity index (χ1n) is 5.22. The van der Waals surface area contributed by atoms with E-state index in [9.17, 15) is 4.79 Å². The van der Waals surface area contributed by atoms with Crippen LogP contribution in [0.1, 0.15) is 17.4 Å². The van der Waals surface area contributed by atoms with Gasteiger partial charge < -0.3 is 10.2 Å². The van der Waals surface area contributed by atoms with E-state index < -0.39 is 0 Å². The Bertz CT molecular complexity index is 339. The summed E-state index contributed by atoms with van der Waals surface area (Å²) in [5, 5.41) is 3.26. The van der Waals surface area contributed by atoms with E-state index in [1.54, 1.807) is 12.3 Å². The van der Waals surface area contributed by atoms with E-state index in [2.05, 4.69) is 10.3 Å². The van der Waals surface area contributed by atoms with E-state index in [1.165, 1.54) is 0 Å².